The van der Waals surface area contributed by atoms with E-state index in [1.807, 2.05) is 20.8 Å². The summed E-state index contributed by atoms with van der Waals surface area (Å²) in [7, 11) is 0. The van der Waals surface area contributed by atoms with Gasteiger partial charge in [-0.05, 0) is 72.2 Å². The van der Waals surface area contributed by atoms with Crippen molar-refractivity contribution in [2.24, 2.45) is 0 Å². The van der Waals surface area contributed by atoms with Crippen molar-refractivity contribution in [3.8, 4) is 5.75 Å². The molecule has 0 aromatic heterocycles. The van der Waals surface area contributed by atoms with Gasteiger partial charge in [0.2, 0.25) is 5.91 Å². The monoisotopic (exact) mass is 422 g/mol. The van der Waals surface area contributed by atoms with E-state index in [1.54, 1.807) is 45.0 Å². The van der Waals surface area contributed by atoms with E-state index < -0.39 is 23.3 Å². The van der Waals surface area contributed by atoms with E-state index in [1.165, 1.54) is 0 Å². The first kappa shape index (κ1) is 25.3. The molecular formula is C22H34N2O6. The Hall–Kier alpha value is -2.77. The summed E-state index contributed by atoms with van der Waals surface area (Å²) in [6.07, 6.45) is 0.260. The van der Waals surface area contributed by atoms with Crippen molar-refractivity contribution in [2.75, 3.05) is 18.5 Å². The van der Waals surface area contributed by atoms with Crippen LogP contribution in [0.15, 0.2) is 24.3 Å². The number of benzene rings is 1. The number of anilines is 1. The van der Waals surface area contributed by atoms with E-state index in [2.05, 4.69) is 10.6 Å². The Morgan fingerprint density at radius 3 is 2.03 bits per heavy atom. The predicted molar refractivity (Wildman–Crippen MR) is 114 cm³/mol. The molecule has 0 heterocycles. The molecule has 30 heavy (non-hydrogen) atoms. The first-order valence-corrected chi connectivity index (χ1v) is 10.1. The Bertz CT molecular complexity index is 702. The second-order valence-corrected chi connectivity index (χ2v) is 8.79. The third kappa shape index (κ3) is 12.6. The zero-order valence-electron chi connectivity index (χ0n) is 18.8. The van der Waals surface area contributed by atoms with Crippen LogP contribution >= 0.6 is 0 Å². The average Bonchev–Trinajstić information content (AvgIpc) is 2.58. The molecule has 0 bridgehead atoms. The number of carbonyl (C=O) groups excluding carboxylic acids is 3. The Kier molecular flexibility index (Phi) is 9.62. The second kappa shape index (κ2) is 11.4. The molecule has 0 spiro atoms. The van der Waals surface area contributed by atoms with Crippen molar-refractivity contribution in [2.45, 2.75) is 72.0 Å². The third-order valence-corrected chi connectivity index (χ3v) is 3.37. The van der Waals surface area contributed by atoms with Crippen LogP contribution in [0.5, 0.6) is 5.75 Å². The summed E-state index contributed by atoms with van der Waals surface area (Å²) < 4.78 is 15.9. The molecule has 8 nitrogen and oxygen atoms in total. The Morgan fingerprint density at radius 2 is 1.47 bits per heavy atom. The fraction of sp³-hybridized carbons (Fsp3) is 0.591. The summed E-state index contributed by atoms with van der Waals surface area (Å²) in [6, 6.07) is 6.93. The summed E-state index contributed by atoms with van der Waals surface area (Å²) in [5.41, 5.74) is -0.467. The number of esters is 1. The van der Waals surface area contributed by atoms with Gasteiger partial charge in [0.1, 0.15) is 17.0 Å². The van der Waals surface area contributed by atoms with Gasteiger partial charge >= 0.3 is 12.1 Å². The highest BCUT2D eigenvalue weighted by Gasteiger charge is 2.17. The summed E-state index contributed by atoms with van der Waals surface area (Å²) in [4.78, 5) is 35.1. The summed E-state index contributed by atoms with van der Waals surface area (Å²) >= 11 is 0. The fourth-order valence-electron chi connectivity index (χ4n) is 2.23. The van der Waals surface area contributed by atoms with Crippen LogP contribution in [0.3, 0.4) is 0 Å². The van der Waals surface area contributed by atoms with Crippen molar-refractivity contribution in [3.05, 3.63) is 24.3 Å². The summed E-state index contributed by atoms with van der Waals surface area (Å²) in [6.45, 7) is 11.6. The Labute approximate surface area is 178 Å². The molecule has 0 aliphatic heterocycles. The molecule has 0 radical (unpaired) electrons. The molecule has 0 unspecified atom stereocenters. The quantitative estimate of drug-likeness (QED) is 0.460. The minimum atomic E-state index is -0.560. The van der Waals surface area contributed by atoms with Crippen molar-refractivity contribution >= 4 is 23.7 Å². The number of hydrogen-bond donors (Lipinski definition) is 2. The first-order valence-electron chi connectivity index (χ1n) is 10.1. The van der Waals surface area contributed by atoms with Crippen LogP contribution in [0.25, 0.3) is 0 Å². The molecule has 0 fully saturated rings. The molecule has 168 valence electrons. The number of carbonyl (C=O) groups is 3. The molecular weight excluding hydrogens is 388 g/mol. The summed E-state index contributed by atoms with van der Waals surface area (Å²) in [5.74, 6) is -0.00989. The zero-order chi connectivity index (χ0) is 22.8. The zero-order valence-corrected chi connectivity index (χ0v) is 18.8. The van der Waals surface area contributed by atoms with Gasteiger partial charge in [0.05, 0.1) is 13.0 Å². The van der Waals surface area contributed by atoms with Crippen molar-refractivity contribution in [1.82, 2.24) is 5.32 Å². The highest BCUT2D eigenvalue weighted by atomic mass is 16.6. The number of rotatable bonds is 9. The molecule has 1 rings (SSSR count). The Balaban J connectivity index is 2.26. The fourth-order valence-corrected chi connectivity index (χ4v) is 2.23. The van der Waals surface area contributed by atoms with Crippen LogP contribution < -0.4 is 15.4 Å². The van der Waals surface area contributed by atoms with Crippen LogP contribution in [0.1, 0.15) is 60.8 Å². The number of nitrogens with one attached hydrogen (secondary N) is 2. The minimum Gasteiger partial charge on any atom is -0.494 e. The maximum Gasteiger partial charge on any atom is 0.407 e. The number of hydrogen-bond acceptors (Lipinski definition) is 6. The average molecular weight is 423 g/mol. The van der Waals surface area contributed by atoms with E-state index >= 15 is 0 Å². The van der Waals surface area contributed by atoms with Gasteiger partial charge in [-0.15, -0.1) is 0 Å². The van der Waals surface area contributed by atoms with Crippen LogP contribution in [0.4, 0.5) is 10.5 Å². The van der Waals surface area contributed by atoms with Gasteiger partial charge in [0, 0.05) is 18.7 Å². The van der Waals surface area contributed by atoms with Crippen molar-refractivity contribution in [1.29, 1.82) is 0 Å². The van der Waals surface area contributed by atoms with E-state index in [0.717, 1.165) is 0 Å². The standard InChI is InChI=1S/C22H34N2O6/c1-21(2,3)29-19(26)13-12-18(25)24-16-8-10-17(11-9-16)28-15-7-14-23-20(27)30-22(4,5)6/h8-11H,7,12-15H2,1-6H3,(H,23,27)(H,24,25). The van der Waals surface area contributed by atoms with Crippen molar-refractivity contribution < 1.29 is 28.6 Å². The lowest BCUT2D eigenvalue weighted by molar-refractivity contribution is -0.155. The van der Waals surface area contributed by atoms with E-state index in [-0.39, 0.29) is 18.7 Å². The highest BCUT2D eigenvalue weighted by Crippen LogP contribution is 2.16. The molecule has 8 heteroatoms. The van der Waals surface area contributed by atoms with Gasteiger partial charge in [-0.2, -0.15) is 0 Å². The molecule has 0 atom stereocenters. The molecule has 0 aliphatic rings. The molecule has 2 amide bonds. The highest BCUT2D eigenvalue weighted by molar-refractivity contribution is 5.92. The van der Waals surface area contributed by atoms with Gasteiger partial charge < -0.3 is 24.8 Å². The van der Waals surface area contributed by atoms with Crippen LogP contribution in [0, 0.1) is 0 Å². The first-order chi connectivity index (χ1) is 13.8. The topological polar surface area (TPSA) is 103 Å². The van der Waals surface area contributed by atoms with Gasteiger partial charge in [-0.3, -0.25) is 9.59 Å². The molecule has 0 saturated heterocycles. The molecule has 1 aromatic carbocycles. The van der Waals surface area contributed by atoms with E-state index in [9.17, 15) is 14.4 Å². The van der Waals surface area contributed by atoms with E-state index in [4.69, 9.17) is 14.2 Å². The van der Waals surface area contributed by atoms with E-state index in [0.29, 0.717) is 31.0 Å². The van der Waals surface area contributed by atoms with Gasteiger partial charge in [0.15, 0.2) is 0 Å². The van der Waals surface area contributed by atoms with Gasteiger partial charge in [-0.1, -0.05) is 0 Å². The predicted octanol–water partition coefficient (Wildman–Crippen LogP) is 4.04. The molecule has 0 saturated carbocycles. The molecule has 1 aromatic rings. The van der Waals surface area contributed by atoms with Crippen LogP contribution in [0.2, 0.25) is 0 Å². The SMILES string of the molecule is CC(C)(C)OC(=O)CCC(=O)Nc1ccc(OCCCNC(=O)OC(C)(C)C)cc1. The van der Waals surface area contributed by atoms with Gasteiger partial charge in [0.25, 0.3) is 0 Å². The molecule has 0 aliphatic carbocycles. The van der Waals surface area contributed by atoms with Crippen LogP contribution in [-0.2, 0) is 19.1 Å². The maximum absolute atomic E-state index is 12.0. The smallest absolute Gasteiger partial charge is 0.407 e. The Morgan fingerprint density at radius 1 is 0.867 bits per heavy atom. The third-order valence-electron chi connectivity index (χ3n) is 3.37. The normalized spacial score (nSPS) is 11.4. The lowest BCUT2D eigenvalue weighted by Crippen LogP contribution is -2.33. The number of ether oxygens (including phenoxy) is 3. The maximum atomic E-state index is 12.0. The molecule has 2 N–H and O–H groups in total. The largest absolute Gasteiger partial charge is 0.494 e. The number of alkyl carbamates (subject to hydrolysis) is 1. The number of amides is 2. The lowest BCUT2D eigenvalue weighted by Gasteiger charge is -2.19. The second-order valence-electron chi connectivity index (χ2n) is 8.79. The summed E-state index contributed by atoms with van der Waals surface area (Å²) in [5, 5.41) is 5.40. The van der Waals surface area contributed by atoms with Crippen LogP contribution in [-0.4, -0.2) is 42.3 Å². The van der Waals surface area contributed by atoms with Gasteiger partial charge in [-0.25, -0.2) is 4.79 Å². The lowest BCUT2D eigenvalue weighted by atomic mass is 10.2. The minimum absolute atomic E-state index is 0.0294. The van der Waals surface area contributed by atoms with Crippen molar-refractivity contribution in [3.63, 3.8) is 0 Å².